The molecule has 0 bridgehead atoms. The molecule has 6 heteroatoms. The smallest absolute Gasteiger partial charge is 0.241 e. The minimum absolute atomic E-state index is 0.128. The van der Waals surface area contributed by atoms with Gasteiger partial charge in [-0.2, -0.15) is 0 Å². The van der Waals surface area contributed by atoms with Crippen molar-refractivity contribution >= 4 is 11.8 Å². The number of amides is 2. The van der Waals surface area contributed by atoms with Crippen LogP contribution in [0.1, 0.15) is 64.4 Å². The fourth-order valence-electron chi connectivity index (χ4n) is 5.44. The van der Waals surface area contributed by atoms with Crippen LogP contribution in [0.2, 0.25) is 0 Å². The topological polar surface area (TPSA) is 52.7 Å². The molecule has 3 fully saturated rings. The van der Waals surface area contributed by atoms with Gasteiger partial charge in [0.25, 0.3) is 0 Å². The number of hydrogen-bond acceptors (Lipinski definition) is 3. The Bertz CT molecular complexity index is 765. The number of rotatable bonds is 5. The van der Waals surface area contributed by atoms with Gasteiger partial charge in [0.1, 0.15) is 5.82 Å². The summed E-state index contributed by atoms with van der Waals surface area (Å²) in [7, 11) is 0. The maximum absolute atomic E-state index is 13.3. The first-order valence-corrected chi connectivity index (χ1v) is 11.5. The quantitative estimate of drug-likeness (QED) is 0.798. The van der Waals surface area contributed by atoms with Crippen molar-refractivity contribution in [2.45, 2.75) is 77.0 Å². The van der Waals surface area contributed by atoms with Gasteiger partial charge in [-0.05, 0) is 42.9 Å². The van der Waals surface area contributed by atoms with E-state index < -0.39 is 5.66 Å². The van der Waals surface area contributed by atoms with Gasteiger partial charge in [-0.1, -0.05) is 38.8 Å². The molecule has 0 aromatic heterocycles. The Kier molecular flexibility index (Phi) is 6.14. The van der Waals surface area contributed by atoms with E-state index in [2.05, 4.69) is 19.2 Å². The second kappa shape index (κ2) is 8.66. The van der Waals surface area contributed by atoms with Crippen LogP contribution < -0.4 is 5.32 Å². The van der Waals surface area contributed by atoms with Gasteiger partial charge in [-0.25, -0.2) is 4.39 Å². The Morgan fingerprint density at radius 1 is 1.17 bits per heavy atom. The molecule has 5 nitrogen and oxygen atoms in total. The molecule has 1 spiro atoms. The molecule has 4 rings (SSSR count). The van der Waals surface area contributed by atoms with Crippen LogP contribution in [0.3, 0.4) is 0 Å². The highest BCUT2D eigenvalue weighted by Gasteiger charge is 2.51. The van der Waals surface area contributed by atoms with Crippen molar-refractivity contribution in [3.8, 4) is 0 Å². The summed E-state index contributed by atoms with van der Waals surface area (Å²) >= 11 is 0. The number of piperidine rings is 1. The van der Waals surface area contributed by atoms with Crippen molar-refractivity contribution in [2.24, 2.45) is 11.8 Å². The molecule has 164 valence electrons. The van der Waals surface area contributed by atoms with Crippen molar-refractivity contribution in [3.05, 3.63) is 35.6 Å². The van der Waals surface area contributed by atoms with E-state index in [0.717, 1.165) is 50.5 Å². The molecule has 30 heavy (non-hydrogen) atoms. The standard InChI is InChI=1S/C24H34FN3O2/c1-17(2)15-21-23(30)28(16-18-7-9-20(25)10-8-18)24(26-21)11-13-27(14-12-24)22(29)19-5-3-4-6-19/h7-10,17,19,21,26H,3-6,11-16H2,1-2H3/t21-/m1/s1. The third-order valence-electron chi connectivity index (χ3n) is 7.09. The van der Waals surface area contributed by atoms with Gasteiger partial charge in [-0.3, -0.25) is 14.9 Å². The minimum atomic E-state index is -0.419. The summed E-state index contributed by atoms with van der Waals surface area (Å²) < 4.78 is 13.3. The van der Waals surface area contributed by atoms with Crippen LogP contribution in [-0.4, -0.2) is 46.4 Å². The van der Waals surface area contributed by atoms with E-state index in [0.29, 0.717) is 31.5 Å². The number of hydrogen-bond donors (Lipinski definition) is 1. The highest BCUT2D eigenvalue weighted by atomic mass is 19.1. The third kappa shape index (κ3) is 4.25. The van der Waals surface area contributed by atoms with Gasteiger partial charge in [0.15, 0.2) is 0 Å². The predicted octanol–water partition coefficient (Wildman–Crippen LogP) is 3.68. The van der Waals surface area contributed by atoms with E-state index in [1.54, 1.807) is 12.1 Å². The Morgan fingerprint density at radius 2 is 1.80 bits per heavy atom. The number of halogens is 1. The lowest BCUT2D eigenvalue weighted by molar-refractivity contribution is -0.140. The van der Waals surface area contributed by atoms with Gasteiger partial charge in [-0.15, -0.1) is 0 Å². The second-order valence-electron chi connectivity index (χ2n) is 9.72. The SMILES string of the molecule is CC(C)C[C@H]1NC2(CCN(C(=O)C3CCCC3)CC2)N(Cc2ccc(F)cc2)C1=O. The number of nitrogens with one attached hydrogen (secondary N) is 1. The summed E-state index contributed by atoms with van der Waals surface area (Å²) in [6.07, 6.45) is 6.64. The Hall–Kier alpha value is -1.95. The van der Waals surface area contributed by atoms with Crippen LogP contribution in [0, 0.1) is 17.7 Å². The molecule has 1 N–H and O–H groups in total. The number of likely N-dealkylation sites (tertiary alicyclic amines) is 1. The van der Waals surface area contributed by atoms with Crippen molar-refractivity contribution in [2.75, 3.05) is 13.1 Å². The fourth-order valence-corrected chi connectivity index (χ4v) is 5.44. The molecule has 2 heterocycles. The van der Waals surface area contributed by atoms with Gasteiger partial charge in [0.2, 0.25) is 11.8 Å². The molecule has 0 unspecified atom stereocenters. The van der Waals surface area contributed by atoms with Crippen LogP contribution in [0.15, 0.2) is 24.3 Å². The monoisotopic (exact) mass is 415 g/mol. The molecule has 2 amide bonds. The Balaban J connectivity index is 1.50. The highest BCUT2D eigenvalue weighted by Crippen LogP contribution is 2.36. The van der Waals surface area contributed by atoms with Gasteiger partial charge < -0.3 is 9.80 Å². The van der Waals surface area contributed by atoms with E-state index in [1.165, 1.54) is 12.1 Å². The van der Waals surface area contributed by atoms with Crippen LogP contribution >= 0.6 is 0 Å². The Labute approximate surface area is 179 Å². The molecule has 2 aliphatic heterocycles. The first-order chi connectivity index (χ1) is 14.4. The molecule has 2 saturated heterocycles. The first kappa shape index (κ1) is 21.3. The summed E-state index contributed by atoms with van der Waals surface area (Å²) in [6, 6.07) is 6.22. The molecule has 1 saturated carbocycles. The molecular formula is C24H34FN3O2. The van der Waals surface area contributed by atoms with E-state index in [9.17, 15) is 14.0 Å². The first-order valence-electron chi connectivity index (χ1n) is 11.5. The zero-order chi connectivity index (χ0) is 21.3. The van der Waals surface area contributed by atoms with E-state index in [-0.39, 0.29) is 23.7 Å². The minimum Gasteiger partial charge on any atom is -0.342 e. The molecule has 1 aliphatic carbocycles. The van der Waals surface area contributed by atoms with Crippen LogP contribution in [0.4, 0.5) is 4.39 Å². The molecule has 1 aromatic carbocycles. The van der Waals surface area contributed by atoms with Crippen molar-refractivity contribution < 1.29 is 14.0 Å². The van der Waals surface area contributed by atoms with E-state index in [1.807, 2.05) is 9.80 Å². The number of nitrogens with zero attached hydrogens (tertiary/aromatic N) is 2. The zero-order valence-corrected chi connectivity index (χ0v) is 18.2. The third-order valence-corrected chi connectivity index (χ3v) is 7.09. The second-order valence-corrected chi connectivity index (χ2v) is 9.72. The zero-order valence-electron chi connectivity index (χ0n) is 18.2. The van der Waals surface area contributed by atoms with Crippen molar-refractivity contribution in [1.29, 1.82) is 0 Å². The van der Waals surface area contributed by atoms with E-state index >= 15 is 0 Å². The summed E-state index contributed by atoms with van der Waals surface area (Å²) in [6.45, 7) is 6.10. The maximum atomic E-state index is 13.3. The van der Waals surface area contributed by atoms with Gasteiger partial charge in [0.05, 0.1) is 11.7 Å². The molecule has 3 aliphatic rings. The summed E-state index contributed by atoms with van der Waals surface area (Å²) in [4.78, 5) is 30.2. The van der Waals surface area contributed by atoms with Gasteiger partial charge >= 0.3 is 0 Å². The largest absolute Gasteiger partial charge is 0.342 e. The van der Waals surface area contributed by atoms with Gasteiger partial charge in [0, 0.05) is 38.4 Å². The summed E-state index contributed by atoms with van der Waals surface area (Å²) in [5.74, 6) is 0.773. The lowest BCUT2D eigenvalue weighted by Gasteiger charge is -2.45. The predicted molar refractivity (Wildman–Crippen MR) is 114 cm³/mol. The molecule has 1 atom stereocenters. The van der Waals surface area contributed by atoms with E-state index in [4.69, 9.17) is 0 Å². The maximum Gasteiger partial charge on any atom is 0.241 e. The van der Waals surface area contributed by atoms with Crippen LogP contribution in [-0.2, 0) is 16.1 Å². The number of benzene rings is 1. The van der Waals surface area contributed by atoms with Crippen LogP contribution in [0.5, 0.6) is 0 Å². The summed E-state index contributed by atoms with van der Waals surface area (Å²) in [5, 5.41) is 3.66. The molecule has 0 radical (unpaired) electrons. The normalized spacial score (nSPS) is 24.4. The summed E-state index contributed by atoms with van der Waals surface area (Å²) in [5.41, 5.74) is 0.512. The highest BCUT2D eigenvalue weighted by molar-refractivity contribution is 5.85. The number of carbonyl (C=O) groups excluding carboxylic acids is 2. The number of carbonyl (C=O) groups is 2. The average Bonchev–Trinajstić information content (AvgIpc) is 3.33. The lowest BCUT2D eigenvalue weighted by atomic mass is 9.93. The van der Waals surface area contributed by atoms with Crippen molar-refractivity contribution in [1.82, 2.24) is 15.1 Å². The fraction of sp³-hybridized carbons (Fsp3) is 0.667. The molecule has 1 aromatic rings. The van der Waals surface area contributed by atoms with Crippen LogP contribution in [0.25, 0.3) is 0 Å². The lowest BCUT2D eigenvalue weighted by Crippen LogP contribution is -2.59. The Morgan fingerprint density at radius 3 is 2.40 bits per heavy atom. The average molecular weight is 416 g/mol. The molecular weight excluding hydrogens is 381 g/mol. The van der Waals surface area contributed by atoms with Crippen molar-refractivity contribution in [3.63, 3.8) is 0 Å².